The standard InChI is InChI=1S/C15H13FO2/c16-14-9-8-12(5-4-10-17)11-15(14)18-13-6-2-1-3-7-13/h1-9,11,17H,10H2. The summed E-state index contributed by atoms with van der Waals surface area (Å²) >= 11 is 0. The van der Waals surface area contributed by atoms with Gasteiger partial charge in [0.05, 0.1) is 6.61 Å². The second-order valence-corrected chi connectivity index (χ2v) is 3.69. The molecule has 0 atom stereocenters. The third kappa shape index (κ3) is 3.18. The summed E-state index contributed by atoms with van der Waals surface area (Å²) in [5.74, 6) is 0.334. The molecule has 0 radical (unpaired) electrons. The first-order valence-corrected chi connectivity index (χ1v) is 5.59. The molecular weight excluding hydrogens is 231 g/mol. The molecule has 0 fully saturated rings. The Bertz CT molecular complexity index is 535. The van der Waals surface area contributed by atoms with Gasteiger partial charge >= 0.3 is 0 Å². The lowest BCUT2D eigenvalue weighted by atomic mass is 10.2. The van der Waals surface area contributed by atoms with Crippen molar-refractivity contribution in [1.82, 2.24) is 0 Å². The molecule has 0 saturated heterocycles. The molecule has 18 heavy (non-hydrogen) atoms. The van der Waals surface area contributed by atoms with E-state index in [1.807, 2.05) is 18.2 Å². The predicted molar refractivity (Wildman–Crippen MR) is 69.0 cm³/mol. The number of ether oxygens (including phenoxy) is 1. The Hall–Kier alpha value is -2.13. The maximum Gasteiger partial charge on any atom is 0.165 e. The summed E-state index contributed by atoms with van der Waals surface area (Å²) in [6, 6.07) is 13.6. The number of hydrogen-bond donors (Lipinski definition) is 1. The van der Waals surface area contributed by atoms with Crippen molar-refractivity contribution in [2.45, 2.75) is 0 Å². The lowest BCUT2D eigenvalue weighted by molar-refractivity contribution is 0.343. The molecule has 92 valence electrons. The van der Waals surface area contributed by atoms with Crippen molar-refractivity contribution in [3.05, 3.63) is 66.0 Å². The van der Waals surface area contributed by atoms with Crippen LogP contribution < -0.4 is 4.74 Å². The molecule has 1 N–H and O–H groups in total. The minimum atomic E-state index is -0.417. The number of rotatable bonds is 4. The molecule has 0 unspecified atom stereocenters. The highest BCUT2D eigenvalue weighted by Crippen LogP contribution is 2.25. The highest BCUT2D eigenvalue weighted by molar-refractivity contribution is 5.52. The summed E-state index contributed by atoms with van der Waals surface area (Å²) in [7, 11) is 0. The van der Waals surface area contributed by atoms with Crippen LogP contribution in [-0.2, 0) is 0 Å². The Morgan fingerprint density at radius 1 is 1.11 bits per heavy atom. The topological polar surface area (TPSA) is 29.5 Å². The van der Waals surface area contributed by atoms with Gasteiger partial charge in [0.1, 0.15) is 5.75 Å². The molecule has 3 heteroatoms. The van der Waals surface area contributed by atoms with Crippen molar-refractivity contribution in [2.75, 3.05) is 6.61 Å². The van der Waals surface area contributed by atoms with Crippen molar-refractivity contribution in [1.29, 1.82) is 0 Å². The van der Waals surface area contributed by atoms with Crippen LogP contribution in [0.5, 0.6) is 11.5 Å². The highest BCUT2D eigenvalue weighted by atomic mass is 19.1. The fourth-order valence-electron chi connectivity index (χ4n) is 1.51. The first-order chi connectivity index (χ1) is 8.79. The molecule has 0 aliphatic heterocycles. The lowest BCUT2D eigenvalue weighted by Gasteiger charge is -2.07. The van der Waals surface area contributed by atoms with E-state index in [9.17, 15) is 4.39 Å². The zero-order chi connectivity index (χ0) is 12.8. The Balaban J connectivity index is 2.24. The van der Waals surface area contributed by atoms with Crippen molar-refractivity contribution < 1.29 is 14.2 Å². The van der Waals surface area contributed by atoms with Crippen molar-refractivity contribution in [3.63, 3.8) is 0 Å². The van der Waals surface area contributed by atoms with Gasteiger partial charge in [0.2, 0.25) is 0 Å². The maximum atomic E-state index is 13.6. The number of hydrogen-bond acceptors (Lipinski definition) is 2. The predicted octanol–water partition coefficient (Wildman–Crippen LogP) is 3.62. The Kier molecular flexibility index (Phi) is 4.10. The van der Waals surface area contributed by atoms with Crippen LogP contribution in [0.4, 0.5) is 4.39 Å². The summed E-state index contributed by atoms with van der Waals surface area (Å²) < 4.78 is 19.0. The summed E-state index contributed by atoms with van der Waals surface area (Å²) in [5, 5.41) is 8.69. The van der Waals surface area contributed by atoms with Crippen molar-refractivity contribution in [2.24, 2.45) is 0 Å². The van der Waals surface area contributed by atoms with Gasteiger partial charge in [-0.2, -0.15) is 0 Å². The summed E-state index contributed by atoms with van der Waals surface area (Å²) in [4.78, 5) is 0. The van der Waals surface area contributed by atoms with E-state index in [1.54, 1.807) is 36.4 Å². The molecule has 2 nitrogen and oxygen atoms in total. The highest BCUT2D eigenvalue weighted by Gasteiger charge is 2.04. The third-order valence-electron chi connectivity index (χ3n) is 2.34. The molecule has 0 bridgehead atoms. The molecule has 0 spiro atoms. The van der Waals surface area contributed by atoms with Crippen LogP contribution in [0.1, 0.15) is 5.56 Å². The van der Waals surface area contributed by atoms with Crippen LogP contribution >= 0.6 is 0 Å². The summed E-state index contributed by atoms with van der Waals surface area (Å²) in [6.07, 6.45) is 3.29. The number of aliphatic hydroxyl groups excluding tert-OH is 1. The van der Waals surface area contributed by atoms with Crippen LogP contribution in [0.2, 0.25) is 0 Å². The van der Waals surface area contributed by atoms with E-state index in [-0.39, 0.29) is 12.4 Å². The second-order valence-electron chi connectivity index (χ2n) is 3.69. The molecule has 0 heterocycles. The summed E-state index contributed by atoms with van der Waals surface area (Å²) in [6.45, 7) is -0.0494. The van der Waals surface area contributed by atoms with E-state index < -0.39 is 5.82 Å². The SMILES string of the molecule is OCC=Cc1ccc(F)c(Oc2ccccc2)c1. The fourth-order valence-corrected chi connectivity index (χ4v) is 1.51. The molecule has 2 aromatic carbocycles. The van der Waals surface area contributed by atoms with E-state index in [0.717, 1.165) is 5.56 Å². The van der Waals surface area contributed by atoms with Crippen LogP contribution in [0.3, 0.4) is 0 Å². The Morgan fingerprint density at radius 3 is 2.61 bits per heavy atom. The number of aliphatic hydroxyl groups is 1. The van der Waals surface area contributed by atoms with Crippen LogP contribution in [0, 0.1) is 5.82 Å². The van der Waals surface area contributed by atoms with Crippen LogP contribution in [-0.4, -0.2) is 11.7 Å². The van der Waals surface area contributed by atoms with Gasteiger partial charge in [-0.05, 0) is 29.8 Å². The van der Waals surface area contributed by atoms with Gasteiger partial charge in [-0.25, -0.2) is 4.39 Å². The fraction of sp³-hybridized carbons (Fsp3) is 0.0667. The van der Waals surface area contributed by atoms with Crippen molar-refractivity contribution >= 4 is 6.08 Å². The average molecular weight is 244 g/mol. The van der Waals surface area contributed by atoms with Crippen LogP contribution in [0.25, 0.3) is 6.08 Å². The van der Waals surface area contributed by atoms with Gasteiger partial charge in [-0.15, -0.1) is 0 Å². The quantitative estimate of drug-likeness (QED) is 0.890. The largest absolute Gasteiger partial charge is 0.454 e. The van der Waals surface area contributed by atoms with E-state index >= 15 is 0 Å². The maximum absolute atomic E-state index is 13.6. The normalized spacial score (nSPS) is 10.8. The van der Waals surface area contributed by atoms with E-state index in [0.29, 0.717) is 5.75 Å². The zero-order valence-corrected chi connectivity index (χ0v) is 9.71. The van der Waals surface area contributed by atoms with E-state index in [1.165, 1.54) is 6.07 Å². The molecule has 0 saturated carbocycles. The molecule has 0 amide bonds. The van der Waals surface area contributed by atoms with Crippen LogP contribution in [0.15, 0.2) is 54.6 Å². The Morgan fingerprint density at radius 2 is 1.89 bits per heavy atom. The first kappa shape index (κ1) is 12.3. The second kappa shape index (κ2) is 5.98. The minimum Gasteiger partial charge on any atom is -0.454 e. The minimum absolute atomic E-state index is 0.0494. The smallest absolute Gasteiger partial charge is 0.165 e. The van der Waals surface area contributed by atoms with Gasteiger partial charge in [-0.1, -0.05) is 36.4 Å². The zero-order valence-electron chi connectivity index (χ0n) is 9.71. The third-order valence-corrected chi connectivity index (χ3v) is 2.34. The first-order valence-electron chi connectivity index (χ1n) is 5.59. The van der Waals surface area contributed by atoms with Gasteiger partial charge in [0.25, 0.3) is 0 Å². The number of halogens is 1. The molecule has 2 aromatic rings. The molecule has 0 aromatic heterocycles. The average Bonchev–Trinajstić information content (AvgIpc) is 2.41. The van der Waals surface area contributed by atoms with E-state index in [4.69, 9.17) is 9.84 Å². The van der Waals surface area contributed by atoms with Gasteiger partial charge in [0, 0.05) is 0 Å². The van der Waals surface area contributed by atoms with Crippen molar-refractivity contribution in [3.8, 4) is 11.5 Å². The summed E-state index contributed by atoms with van der Waals surface area (Å²) in [5.41, 5.74) is 0.774. The number of para-hydroxylation sites is 1. The van der Waals surface area contributed by atoms with Gasteiger partial charge in [-0.3, -0.25) is 0 Å². The Labute approximate surface area is 105 Å². The molecule has 0 aliphatic carbocycles. The number of benzene rings is 2. The molecule has 2 rings (SSSR count). The monoisotopic (exact) mass is 244 g/mol. The lowest BCUT2D eigenvalue weighted by Crippen LogP contribution is -1.89. The van der Waals surface area contributed by atoms with Gasteiger partial charge in [0.15, 0.2) is 11.6 Å². The molecular formula is C15H13FO2. The van der Waals surface area contributed by atoms with E-state index in [2.05, 4.69) is 0 Å². The van der Waals surface area contributed by atoms with Gasteiger partial charge < -0.3 is 9.84 Å². The molecule has 0 aliphatic rings.